The minimum Gasteiger partial charge on any atom is -0.494 e. The van der Waals surface area contributed by atoms with E-state index in [0.717, 1.165) is 13.1 Å². The van der Waals surface area contributed by atoms with Gasteiger partial charge in [-0.15, -0.1) is 0 Å². The predicted molar refractivity (Wildman–Crippen MR) is 72.5 cm³/mol. The Bertz CT molecular complexity index is 603. The molecule has 1 N–H and O–H groups in total. The van der Waals surface area contributed by atoms with E-state index >= 15 is 0 Å². The zero-order valence-electron chi connectivity index (χ0n) is 10.9. The number of H-pyrrole nitrogens is 1. The Kier molecular flexibility index (Phi) is 3.50. The molecule has 1 heterocycles. The number of anilines is 1. The first-order chi connectivity index (χ1) is 8.71. The summed E-state index contributed by atoms with van der Waals surface area (Å²) in [5.74, 6) is 1.20. The standard InChI is InChI=1S/C13H17N3O2/c1-4-16(5-2)13-14-11-9(12(17)15-13)7-6-8-10(11)18-3/h6-8H,4-5H2,1-3H3,(H,14,15,17). The summed E-state index contributed by atoms with van der Waals surface area (Å²) in [7, 11) is 1.58. The molecule has 1 aromatic heterocycles. The number of methoxy groups -OCH3 is 1. The number of benzene rings is 1. The topological polar surface area (TPSA) is 58.2 Å². The number of aromatic nitrogens is 2. The second-order valence-corrected chi connectivity index (χ2v) is 3.92. The average Bonchev–Trinajstić information content (AvgIpc) is 2.39. The van der Waals surface area contributed by atoms with Gasteiger partial charge in [-0.2, -0.15) is 0 Å². The number of fused-ring (bicyclic) bond motifs is 1. The van der Waals surface area contributed by atoms with Crippen LogP contribution < -0.4 is 15.2 Å². The van der Waals surface area contributed by atoms with Crippen LogP contribution in [-0.2, 0) is 0 Å². The zero-order chi connectivity index (χ0) is 13.1. The molecular weight excluding hydrogens is 230 g/mol. The Labute approximate surface area is 105 Å². The molecule has 0 atom stereocenters. The summed E-state index contributed by atoms with van der Waals surface area (Å²) in [6.07, 6.45) is 0. The van der Waals surface area contributed by atoms with Crippen molar-refractivity contribution in [1.82, 2.24) is 9.97 Å². The Hall–Kier alpha value is -2.04. The molecule has 0 bridgehead atoms. The molecule has 0 aliphatic carbocycles. The van der Waals surface area contributed by atoms with Gasteiger partial charge in [0.2, 0.25) is 5.95 Å². The van der Waals surface area contributed by atoms with Crippen LogP contribution in [0, 0.1) is 0 Å². The fraction of sp³-hybridized carbons (Fsp3) is 0.385. The van der Waals surface area contributed by atoms with Gasteiger partial charge in [-0.1, -0.05) is 6.07 Å². The SMILES string of the molecule is CCN(CC)c1nc2c(OC)cccc2c(=O)[nH]1. The number of para-hydroxylation sites is 1. The first kappa shape index (κ1) is 12.4. The van der Waals surface area contributed by atoms with Gasteiger partial charge in [-0.25, -0.2) is 4.98 Å². The van der Waals surface area contributed by atoms with E-state index in [4.69, 9.17) is 4.74 Å². The van der Waals surface area contributed by atoms with Crippen LogP contribution in [0.5, 0.6) is 5.75 Å². The van der Waals surface area contributed by atoms with Crippen LogP contribution in [0.3, 0.4) is 0 Å². The van der Waals surface area contributed by atoms with E-state index in [9.17, 15) is 4.79 Å². The largest absolute Gasteiger partial charge is 0.494 e. The molecule has 0 saturated carbocycles. The molecule has 2 rings (SSSR count). The minimum atomic E-state index is -0.138. The molecule has 0 spiro atoms. The smallest absolute Gasteiger partial charge is 0.260 e. The number of nitrogens with one attached hydrogen (secondary N) is 1. The monoisotopic (exact) mass is 247 g/mol. The van der Waals surface area contributed by atoms with Crippen LogP contribution in [-0.4, -0.2) is 30.2 Å². The molecule has 0 aliphatic heterocycles. The van der Waals surface area contributed by atoms with Gasteiger partial charge >= 0.3 is 0 Å². The van der Waals surface area contributed by atoms with E-state index in [1.807, 2.05) is 18.7 Å². The number of ether oxygens (including phenoxy) is 1. The molecule has 5 heteroatoms. The van der Waals surface area contributed by atoms with Gasteiger partial charge in [-0.05, 0) is 26.0 Å². The molecule has 5 nitrogen and oxygen atoms in total. The Balaban J connectivity index is 2.70. The lowest BCUT2D eigenvalue weighted by atomic mass is 10.2. The molecular formula is C13H17N3O2. The van der Waals surface area contributed by atoms with Crippen LogP contribution >= 0.6 is 0 Å². The van der Waals surface area contributed by atoms with Crippen LogP contribution in [0.4, 0.5) is 5.95 Å². The number of hydrogen-bond acceptors (Lipinski definition) is 4. The second-order valence-electron chi connectivity index (χ2n) is 3.92. The second kappa shape index (κ2) is 5.08. The van der Waals surface area contributed by atoms with Gasteiger partial charge in [0.25, 0.3) is 5.56 Å². The summed E-state index contributed by atoms with van der Waals surface area (Å²) in [5, 5.41) is 0.547. The molecule has 0 radical (unpaired) electrons. The van der Waals surface area contributed by atoms with Crippen molar-refractivity contribution < 1.29 is 4.74 Å². The summed E-state index contributed by atoms with van der Waals surface area (Å²) in [6, 6.07) is 5.34. The minimum absolute atomic E-state index is 0.138. The van der Waals surface area contributed by atoms with Crippen molar-refractivity contribution in [2.75, 3.05) is 25.1 Å². The lowest BCUT2D eigenvalue weighted by Crippen LogP contribution is -2.26. The van der Waals surface area contributed by atoms with Gasteiger partial charge in [0.05, 0.1) is 12.5 Å². The molecule has 1 aromatic carbocycles. The molecule has 0 unspecified atom stereocenters. The fourth-order valence-electron chi connectivity index (χ4n) is 1.96. The molecule has 0 fully saturated rings. The number of rotatable bonds is 4. The summed E-state index contributed by atoms with van der Waals surface area (Å²) in [5.41, 5.74) is 0.464. The highest BCUT2D eigenvalue weighted by Crippen LogP contribution is 2.22. The van der Waals surface area contributed by atoms with E-state index in [2.05, 4.69) is 9.97 Å². The first-order valence-electron chi connectivity index (χ1n) is 6.03. The molecule has 0 aliphatic rings. The van der Waals surface area contributed by atoms with E-state index in [0.29, 0.717) is 22.6 Å². The summed E-state index contributed by atoms with van der Waals surface area (Å²) >= 11 is 0. The third kappa shape index (κ3) is 2.03. The van der Waals surface area contributed by atoms with Crippen LogP contribution in [0.1, 0.15) is 13.8 Å². The van der Waals surface area contributed by atoms with Gasteiger partial charge in [-0.3, -0.25) is 9.78 Å². The average molecular weight is 247 g/mol. The van der Waals surface area contributed by atoms with E-state index in [1.54, 1.807) is 25.3 Å². The molecule has 18 heavy (non-hydrogen) atoms. The summed E-state index contributed by atoms with van der Waals surface area (Å²) in [4.78, 5) is 21.3. The van der Waals surface area contributed by atoms with Gasteiger partial charge in [0.15, 0.2) is 0 Å². The van der Waals surface area contributed by atoms with Crippen LogP contribution in [0.15, 0.2) is 23.0 Å². The number of aromatic amines is 1. The maximum atomic E-state index is 12.0. The lowest BCUT2D eigenvalue weighted by molar-refractivity contribution is 0.419. The van der Waals surface area contributed by atoms with Crippen molar-refractivity contribution in [3.05, 3.63) is 28.6 Å². The van der Waals surface area contributed by atoms with Crippen LogP contribution in [0.2, 0.25) is 0 Å². The Morgan fingerprint density at radius 3 is 2.67 bits per heavy atom. The van der Waals surface area contributed by atoms with E-state index in [-0.39, 0.29) is 5.56 Å². The van der Waals surface area contributed by atoms with Crippen molar-refractivity contribution in [3.8, 4) is 5.75 Å². The highest BCUT2D eigenvalue weighted by molar-refractivity contribution is 5.84. The number of nitrogens with zero attached hydrogens (tertiary/aromatic N) is 2. The Morgan fingerprint density at radius 2 is 2.06 bits per heavy atom. The lowest BCUT2D eigenvalue weighted by Gasteiger charge is -2.19. The van der Waals surface area contributed by atoms with E-state index in [1.165, 1.54) is 0 Å². The van der Waals surface area contributed by atoms with Gasteiger partial charge in [0, 0.05) is 13.1 Å². The normalized spacial score (nSPS) is 10.6. The van der Waals surface area contributed by atoms with Crippen molar-refractivity contribution >= 4 is 16.9 Å². The highest BCUT2D eigenvalue weighted by Gasteiger charge is 2.11. The van der Waals surface area contributed by atoms with Gasteiger partial charge < -0.3 is 9.64 Å². The third-order valence-corrected chi connectivity index (χ3v) is 2.97. The van der Waals surface area contributed by atoms with Gasteiger partial charge in [0.1, 0.15) is 11.3 Å². The zero-order valence-corrected chi connectivity index (χ0v) is 10.9. The third-order valence-electron chi connectivity index (χ3n) is 2.97. The number of hydrogen-bond donors (Lipinski definition) is 1. The maximum Gasteiger partial charge on any atom is 0.260 e. The fourth-order valence-corrected chi connectivity index (χ4v) is 1.96. The quantitative estimate of drug-likeness (QED) is 0.894. The molecule has 0 amide bonds. The highest BCUT2D eigenvalue weighted by atomic mass is 16.5. The maximum absolute atomic E-state index is 12.0. The Morgan fingerprint density at radius 1 is 1.33 bits per heavy atom. The van der Waals surface area contributed by atoms with Crippen molar-refractivity contribution in [1.29, 1.82) is 0 Å². The summed E-state index contributed by atoms with van der Waals surface area (Å²) < 4.78 is 5.25. The first-order valence-corrected chi connectivity index (χ1v) is 6.03. The van der Waals surface area contributed by atoms with Crippen molar-refractivity contribution in [2.45, 2.75) is 13.8 Å². The van der Waals surface area contributed by atoms with Crippen LogP contribution in [0.25, 0.3) is 10.9 Å². The molecule has 2 aromatic rings. The van der Waals surface area contributed by atoms with Crippen molar-refractivity contribution in [3.63, 3.8) is 0 Å². The molecule has 0 saturated heterocycles. The predicted octanol–water partition coefficient (Wildman–Crippen LogP) is 1.78. The van der Waals surface area contributed by atoms with Crippen molar-refractivity contribution in [2.24, 2.45) is 0 Å². The van der Waals surface area contributed by atoms with E-state index < -0.39 is 0 Å². The molecule has 96 valence electrons. The summed E-state index contributed by atoms with van der Waals surface area (Å²) in [6.45, 7) is 5.63.